The van der Waals surface area contributed by atoms with E-state index in [2.05, 4.69) is 9.97 Å². The van der Waals surface area contributed by atoms with Crippen LogP contribution in [0.5, 0.6) is 0 Å². The zero-order valence-corrected chi connectivity index (χ0v) is 6.85. The highest BCUT2D eigenvalue weighted by atomic mass is 32.1. The van der Waals surface area contributed by atoms with E-state index in [-0.39, 0.29) is 0 Å². The van der Waals surface area contributed by atoms with Crippen LogP contribution in [0.25, 0.3) is 10.2 Å². The molecule has 2 aromatic rings. The van der Waals surface area contributed by atoms with Crippen molar-refractivity contribution in [2.75, 3.05) is 5.73 Å². The average Bonchev–Trinajstić information content (AvgIpc) is 2.27. The Balaban J connectivity index is 2.82. The van der Waals surface area contributed by atoms with Gasteiger partial charge in [0.1, 0.15) is 10.7 Å². The molecular weight excluding hydrogens is 158 g/mol. The summed E-state index contributed by atoms with van der Waals surface area (Å²) in [7, 11) is 0. The minimum absolute atomic E-state index is 0.791. The van der Waals surface area contributed by atoms with Crippen molar-refractivity contribution in [1.29, 1.82) is 0 Å². The molecule has 0 spiro atoms. The van der Waals surface area contributed by atoms with Crippen LogP contribution in [-0.2, 0) is 0 Å². The van der Waals surface area contributed by atoms with E-state index < -0.39 is 0 Å². The number of fused-ring (bicyclic) bond motifs is 1. The van der Waals surface area contributed by atoms with Crippen molar-refractivity contribution in [3.63, 3.8) is 0 Å². The summed E-state index contributed by atoms with van der Waals surface area (Å²) in [5, 5.41) is 1.82. The molecule has 0 saturated carbocycles. The molecule has 0 bridgehead atoms. The van der Waals surface area contributed by atoms with E-state index in [1.807, 2.05) is 13.0 Å². The van der Waals surface area contributed by atoms with Crippen molar-refractivity contribution in [3.8, 4) is 0 Å². The van der Waals surface area contributed by atoms with Crippen molar-refractivity contribution >= 4 is 26.6 Å². The first-order valence-corrected chi connectivity index (χ1v) is 4.06. The molecule has 4 heteroatoms. The molecule has 2 rings (SSSR count). The van der Waals surface area contributed by atoms with Crippen LogP contribution in [0.2, 0.25) is 0 Å². The van der Waals surface area contributed by atoms with Gasteiger partial charge >= 0.3 is 0 Å². The van der Waals surface area contributed by atoms with Gasteiger partial charge in [-0.3, -0.25) is 0 Å². The Morgan fingerprint density at radius 1 is 1.55 bits per heavy atom. The zero-order chi connectivity index (χ0) is 7.84. The van der Waals surface area contributed by atoms with E-state index in [1.54, 1.807) is 6.20 Å². The minimum atomic E-state index is 0.791. The van der Waals surface area contributed by atoms with E-state index >= 15 is 0 Å². The lowest BCUT2D eigenvalue weighted by molar-refractivity contribution is 1.10. The fourth-order valence-corrected chi connectivity index (χ4v) is 1.75. The minimum Gasteiger partial charge on any atom is -0.391 e. The Morgan fingerprint density at radius 2 is 2.36 bits per heavy atom. The number of hydrogen-bond acceptors (Lipinski definition) is 4. The first kappa shape index (κ1) is 6.54. The van der Waals surface area contributed by atoms with Gasteiger partial charge < -0.3 is 5.73 Å². The molecule has 0 atom stereocenters. The zero-order valence-electron chi connectivity index (χ0n) is 6.03. The number of anilines is 1. The molecule has 0 radical (unpaired) electrons. The third-order valence-electron chi connectivity index (χ3n) is 1.41. The highest BCUT2D eigenvalue weighted by molar-refractivity contribution is 7.22. The summed E-state index contributed by atoms with van der Waals surface area (Å²) >= 11 is 1.49. The topological polar surface area (TPSA) is 51.8 Å². The predicted molar refractivity (Wildman–Crippen MR) is 46.6 cm³/mol. The molecular formula is C7H7N3S. The number of nitrogens with zero attached hydrogens (tertiary/aromatic N) is 2. The largest absolute Gasteiger partial charge is 0.391 e. The van der Waals surface area contributed by atoms with E-state index in [1.165, 1.54) is 11.3 Å². The van der Waals surface area contributed by atoms with Gasteiger partial charge in [0.15, 0.2) is 0 Å². The number of aromatic nitrogens is 2. The summed E-state index contributed by atoms with van der Waals surface area (Å²) in [6.07, 6.45) is 1.80. The van der Waals surface area contributed by atoms with Gasteiger partial charge in [-0.25, -0.2) is 9.97 Å². The first-order valence-electron chi connectivity index (χ1n) is 3.24. The standard InChI is InChI=1S/C7H7N3S/c1-4-9-3-5-2-6(8)11-7(5)10-4/h2-3H,8H2,1H3. The third-order valence-corrected chi connectivity index (χ3v) is 2.29. The molecule has 2 heterocycles. The second kappa shape index (κ2) is 2.17. The third kappa shape index (κ3) is 1.05. The molecule has 0 aromatic carbocycles. The molecule has 2 aromatic heterocycles. The number of hydrogen-bond donors (Lipinski definition) is 1. The van der Waals surface area contributed by atoms with Gasteiger partial charge in [-0.2, -0.15) is 0 Å². The molecule has 0 unspecified atom stereocenters. The Kier molecular flexibility index (Phi) is 1.29. The number of nitrogen functional groups attached to an aromatic ring is 1. The summed E-state index contributed by atoms with van der Waals surface area (Å²) in [6.45, 7) is 1.87. The van der Waals surface area contributed by atoms with E-state index in [4.69, 9.17) is 5.73 Å². The molecule has 0 amide bonds. The highest BCUT2D eigenvalue weighted by Crippen LogP contribution is 2.24. The lowest BCUT2D eigenvalue weighted by Crippen LogP contribution is -1.82. The molecule has 0 aliphatic heterocycles. The quantitative estimate of drug-likeness (QED) is 0.644. The maximum absolute atomic E-state index is 5.59. The van der Waals surface area contributed by atoms with Gasteiger partial charge in [-0.1, -0.05) is 11.3 Å². The maximum atomic E-state index is 5.59. The molecule has 0 saturated heterocycles. The Bertz CT molecular complexity index is 393. The Hall–Kier alpha value is -1.16. The number of rotatable bonds is 0. The lowest BCUT2D eigenvalue weighted by Gasteiger charge is -1.88. The molecule has 0 fully saturated rings. The van der Waals surface area contributed by atoms with Gasteiger partial charge in [0.25, 0.3) is 0 Å². The monoisotopic (exact) mass is 165 g/mol. The molecule has 56 valence electrons. The van der Waals surface area contributed by atoms with Crippen molar-refractivity contribution in [2.24, 2.45) is 0 Å². The van der Waals surface area contributed by atoms with Gasteiger partial charge in [0.05, 0.1) is 5.00 Å². The lowest BCUT2D eigenvalue weighted by atomic mass is 10.4. The van der Waals surface area contributed by atoms with Crippen LogP contribution in [0.3, 0.4) is 0 Å². The van der Waals surface area contributed by atoms with Crippen LogP contribution in [-0.4, -0.2) is 9.97 Å². The SMILES string of the molecule is Cc1ncc2cc(N)sc2n1. The van der Waals surface area contributed by atoms with Gasteiger partial charge in [-0.15, -0.1) is 0 Å². The second-order valence-corrected chi connectivity index (χ2v) is 3.39. The maximum Gasteiger partial charge on any atom is 0.128 e. The van der Waals surface area contributed by atoms with Gasteiger partial charge in [0.2, 0.25) is 0 Å². The van der Waals surface area contributed by atoms with Crippen molar-refractivity contribution < 1.29 is 0 Å². The smallest absolute Gasteiger partial charge is 0.128 e. The summed E-state index contributed by atoms with van der Waals surface area (Å²) in [5.41, 5.74) is 5.59. The van der Waals surface area contributed by atoms with Crippen LogP contribution in [0, 0.1) is 6.92 Å². The van der Waals surface area contributed by atoms with Crippen molar-refractivity contribution in [1.82, 2.24) is 9.97 Å². The molecule has 11 heavy (non-hydrogen) atoms. The summed E-state index contributed by atoms with van der Waals surface area (Å²) in [6, 6.07) is 1.89. The predicted octanol–water partition coefficient (Wildman–Crippen LogP) is 1.58. The van der Waals surface area contributed by atoms with Crippen LogP contribution in [0.15, 0.2) is 12.3 Å². The van der Waals surface area contributed by atoms with E-state index in [9.17, 15) is 0 Å². The fraction of sp³-hybridized carbons (Fsp3) is 0.143. The number of nitrogens with two attached hydrogens (primary N) is 1. The summed E-state index contributed by atoms with van der Waals surface area (Å²) in [4.78, 5) is 9.25. The normalized spacial score (nSPS) is 10.6. The van der Waals surface area contributed by atoms with E-state index in [0.29, 0.717) is 0 Å². The van der Waals surface area contributed by atoms with Crippen LogP contribution >= 0.6 is 11.3 Å². The van der Waals surface area contributed by atoms with Crippen LogP contribution in [0.1, 0.15) is 5.82 Å². The van der Waals surface area contributed by atoms with Gasteiger partial charge in [-0.05, 0) is 13.0 Å². The summed E-state index contributed by atoms with van der Waals surface area (Å²) in [5.74, 6) is 0.791. The molecule has 0 aliphatic rings. The summed E-state index contributed by atoms with van der Waals surface area (Å²) < 4.78 is 0. The fourth-order valence-electron chi connectivity index (χ4n) is 0.934. The number of thiophene rings is 1. The van der Waals surface area contributed by atoms with Crippen LogP contribution in [0.4, 0.5) is 5.00 Å². The molecule has 0 aliphatic carbocycles. The second-order valence-electron chi connectivity index (χ2n) is 2.33. The molecule has 2 N–H and O–H groups in total. The first-order chi connectivity index (χ1) is 5.25. The van der Waals surface area contributed by atoms with Crippen molar-refractivity contribution in [2.45, 2.75) is 6.92 Å². The number of aryl methyl sites for hydroxylation is 1. The van der Waals surface area contributed by atoms with Gasteiger partial charge in [0, 0.05) is 11.6 Å². The van der Waals surface area contributed by atoms with E-state index in [0.717, 1.165) is 21.0 Å². The highest BCUT2D eigenvalue weighted by Gasteiger charge is 1.99. The van der Waals surface area contributed by atoms with Crippen LogP contribution < -0.4 is 5.73 Å². The Labute approximate surface area is 67.9 Å². The Morgan fingerprint density at radius 3 is 3.18 bits per heavy atom. The molecule has 3 nitrogen and oxygen atoms in total. The average molecular weight is 165 g/mol. The van der Waals surface area contributed by atoms with Crippen molar-refractivity contribution in [3.05, 3.63) is 18.1 Å².